The molecule has 6 heteroatoms. The first-order valence-electron chi connectivity index (χ1n) is 6.26. The maximum Gasteiger partial charge on any atom is 0.237 e. The fourth-order valence-corrected chi connectivity index (χ4v) is 2.79. The Morgan fingerprint density at radius 3 is 2.67 bits per heavy atom. The highest BCUT2D eigenvalue weighted by Crippen LogP contribution is 2.19. The van der Waals surface area contributed by atoms with Gasteiger partial charge in [0.15, 0.2) is 0 Å². The second kappa shape index (κ2) is 6.49. The molecule has 0 aromatic heterocycles. The minimum atomic E-state index is -1.74. The molecule has 0 bridgehead atoms. The summed E-state index contributed by atoms with van der Waals surface area (Å²) in [6.45, 7) is 1.88. The number of nitrogens with two attached hydrogens (primary N) is 1. The van der Waals surface area contributed by atoms with E-state index in [9.17, 15) is 13.4 Å². The van der Waals surface area contributed by atoms with Crippen LogP contribution in [0.4, 0.5) is 15.8 Å². The molecule has 110 valence electrons. The van der Waals surface area contributed by atoms with Crippen molar-refractivity contribution in [3.05, 3.63) is 53.8 Å². The average molecular weight is 306 g/mol. The predicted molar refractivity (Wildman–Crippen MR) is 81.9 cm³/mol. The Morgan fingerprint density at radius 1 is 1.29 bits per heavy atom. The van der Waals surface area contributed by atoms with E-state index in [2.05, 4.69) is 5.32 Å². The van der Waals surface area contributed by atoms with E-state index < -0.39 is 22.5 Å². The van der Waals surface area contributed by atoms with Gasteiger partial charge in [0.05, 0.1) is 27.1 Å². The normalized spacial score (nSPS) is 11.9. The lowest BCUT2D eigenvalue weighted by Crippen LogP contribution is -2.20. The number of nitrogen functional groups attached to an aromatic ring is 1. The molecule has 0 saturated heterocycles. The third-order valence-electron chi connectivity index (χ3n) is 2.83. The first-order valence-corrected chi connectivity index (χ1v) is 7.58. The van der Waals surface area contributed by atoms with Crippen molar-refractivity contribution in [1.82, 2.24) is 0 Å². The van der Waals surface area contributed by atoms with Crippen LogP contribution in [0.15, 0.2) is 47.4 Å². The van der Waals surface area contributed by atoms with Crippen molar-refractivity contribution in [2.45, 2.75) is 11.8 Å². The van der Waals surface area contributed by atoms with Crippen LogP contribution in [-0.4, -0.2) is 15.9 Å². The third-order valence-corrected chi connectivity index (χ3v) is 4.17. The van der Waals surface area contributed by atoms with Crippen molar-refractivity contribution in [3.8, 4) is 0 Å². The zero-order valence-electron chi connectivity index (χ0n) is 11.4. The van der Waals surface area contributed by atoms with E-state index in [4.69, 9.17) is 5.73 Å². The van der Waals surface area contributed by atoms with Gasteiger partial charge in [-0.1, -0.05) is 18.2 Å². The molecule has 0 saturated carbocycles. The Bertz CT molecular complexity index is 704. The molecule has 2 aromatic rings. The fraction of sp³-hybridized carbons (Fsp3) is 0.133. The minimum absolute atomic E-state index is 0.0181. The Morgan fingerprint density at radius 2 is 2.00 bits per heavy atom. The second-order valence-corrected chi connectivity index (χ2v) is 5.98. The monoisotopic (exact) mass is 306 g/mol. The SMILES string of the molecule is Cc1ccc(NC(=O)CS(=O)c2ccccc2F)c(N)c1. The van der Waals surface area contributed by atoms with Crippen molar-refractivity contribution < 1.29 is 13.4 Å². The molecule has 2 rings (SSSR count). The number of anilines is 2. The standard InChI is InChI=1S/C15H15FN2O2S/c1-10-6-7-13(12(17)8-10)18-15(19)9-21(20)14-5-3-2-4-11(14)16/h2-8H,9,17H2,1H3,(H,18,19). The molecule has 0 aliphatic rings. The summed E-state index contributed by atoms with van der Waals surface area (Å²) in [6, 6.07) is 10.9. The number of amides is 1. The van der Waals surface area contributed by atoms with Crippen molar-refractivity contribution in [1.29, 1.82) is 0 Å². The number of hydrogen-bond acceptors (Lipinski definition) is 3. The molecule has 0 radical (unpaired) electrons. The number of aryl methyl sites for hydroxylation is 1. The molecular weight excluding hydrogens is 291 g/mol. The summed E-state index contributed by atoms with van der Waals surface area (Å²) in [5.41, 5.74) is 7.64. The third kappa shape index (κ3) is 3.88. The summed E-state index contributed by atoms with van der Waals surface area (Å²) in [5, 5.41) is 2.58. The van der Waals surface area contributed by atoms with Crippen molar-refractivity contribution in [2.24, 2.45) is 0 Å². The molecule has 3 N–H and O–H groups in total. The van der Waals surface area contributed by atoms with E-state index in [1.807, 2.05) is 6.92 Å². The van der Waals surface area contributed by atoms with Crippen LogP contribution in [-0.2, 0) is 15.6 Å². The quantitative estimate of drug-likeness (QED) is 0.852. The predicted octanol–water partition coefficient (Wildman–Crippen LogP) is 2.46. The topological polar surface area (TPSA) is 72.2 Å². The van der Waals surface area contributed by atoms with Gasteiger partial charge in [0, 0.05) is 0 Å². The van der Waals surface area contributed by atoms with Gasteiger partial charge in [-0.15, -0.1) is 0 Å². The first kappa shape index (κ1) is 15.2. The smallest absolute Gasteiger partial charge is 0.237 e. The Kier molecular flexibility index (Phi) is 4.70. The summed E-state index contributed by atoms with van der Waals surface area (Å²) in [5.74, 6) is -1.39. The van der Waals surface area contributed by atoms with Crippen LogP contribution in [0.3, 0.4) is 0 Å². The minimum Gasteiger partial charge on any atom is -0.397 e. The van der Waals surface area contributed by atoms with Gasteiger partial charge in [-0.25, -0.2) is 4.39 Å². The van der Waals surface area contributed by atoms with Crippen molar-refractivity contribution in [3.63, 3.8) is 0 Å². The molecular formula is C15H15FN2O2S. The second-order valence-electron chi connectivity index (χ2n) is 4.56. The van der Waals surface area contributed by atoms with Crippen molar-refractivity contribution in [2.75, 3.05) is 16.8 Å². The van der Waals surface area contributed by atoms with Crippen molar-refractivity contribution >= 4 is 28.1 Å². The van der Waals surface area contributed by atoms with Crippen LogP contribution in [0.25, 0.3) is 0 Å². The van der Waals surface area contributed by atoms with Gasteiger partial charge in [-0.05, 0) is 36.8 Å². The molecule has 21 heavy (non-hydrogen) atoms. The molecule has 0 aliphatic heterocycles. The van der Waals surface area contributed by atoms with Gasteiger partial charge < -0.3 is 11.1 Å². The van der Waals surface area contributed by atoms with Crippen LogP contribution in [0, 0.1) is 12.7 Å². The number of nitrogens with one attached hydrogen (secondary N) is 1. The van der Waals surface area contributed by atoms with Crippen LogP contribution in [0.2, 0.25) is 0 Å². The van der Waals surface area contributed by atoms with Gasteiger partial charge in [-0.3, -0.25) is 9.00 Å². The lowest BCUT2D eigenvalue weighted by Gasteiger charge is -2.09. The number of halogens is 1. The average Bonchev–Trinajstić information content (AvgIpc) is 2.42. The molecule has 1 atom stereocenters. The lowest BCUT2D eigenvalue weighted by atomic mass is 10.2. The van der Waals surface area contributed by atoms with Gasteiger partial charge >= 0.3 is 0 Å². The molecule has 4 nitrogen and oxygen atoms in total. The van der Waals surface area contributed by atoms with E-state index in [0.717, 1.165) is 5.56 Å². The first-order chi connectivity index (χ1) is 9.97. The van der Waals surface area contributed by atoms with E-state index >= 15 is 0 Å². The highest BCUT2D eigenvalue weighted by molar-refractivity contribution is 7.85. The zero-order valence-corrected chi connectivity index (χ0v) is 12.2. The largest absolute Gasteiger partial charge is 0.397 e. The molecule has 0 spiro atoms. The fourth-order valence-electron chi connectivity index (χ4n) is 1.81. The van der Waals surface area contributed by atoms with Gasteiger partial charge in [0.25, 0.3) is 0 Å². The maximum absolute atomic E-state index is 13.5. The number of carbonyl (C=O) groups is 1. The number of carbonyl (C=O) groups excluding carboxylic acids is 1. The number of hydrogen-bond donors (Lipinski definition) is 2. The van der Waals surface area contributed by atoms with Gasteiger partial charge in [0.1, 0.15) is 11.6 Å². The van der Waals surface area contributed by atoms with Crippen LogP contribution < -0.4 is 11.1 Å². The maximum atomic E-state index is 13.5. The molecule has 0 fully saturated rings. The van der Waals surface area contributed by atoms with Gasteiger partial charge in [-0.2, -0.15) is 0 Å². The van der Waals surface area contributed by atoms with Crippen LogP contribution in [0.5, 0.6) is 0 Å². The van der Waals surface area contributed by atoms with E-state index in [0.29, 0.717) is 11.4 Å². The Hall–Kier alpha value is -2.21. The number of rotatable bonds is 4. The Labute approximate surface area is 124 Å². The summed E-state index contributed by atoms with van der Waals surface area (Å²) in [6.07, 6.45) is 0. The molecule has 0 heterocycles. The molecule has 1 unspecified atom stereocenters. The number of benzene rings is 2. The molecule has 0 aliphatic carbocycles. The lowest BCUT2D eigenvalue weighted by molar-refractivity contribution is -0.113. The van der Waals surface area contributed by atoms with E-state index in [-0.39, 0.29) is 10.6 Å². The van der Waals surface area contributed by atoms with Crippen LogP contribution >= 0.6 is 0 Å². The van der Waals surface area contributed by atoms with E-state index in [1.54, 1.807) is 24.3 Å². The molecule has 2 aromatic carbocycles. The zero-order chi connectivity index (χ0) is 15.4. The Balaban J connectivity index is 2.05. The highest BCUT2D eigenvalue weighted by atomic mass is 32.2. The summed E-state index contributed by atoms with van der Waals surface area (Å²) in [4.78, 5) is 11.9. The van der Waals surface area contributed by atoms with Crippen LogP contribution in [0.1, 0.15) is 5.56 Å². The summed E-state index contributed by atoms with van der Waals surface area (Å²) >= 11 is 0. The summed E-state index contributed by atoms with van der Waals surface area (Å²) in [7, 11) is -1.74. The van der Waals surface area contributed by atoms with Gasteiger partial charge in [0.2, 0.25) is 5.91 Å². The van der Waals surface area contributed by atoms with E-state index in [1.165, 1.54) is 18.2 Å². The summed E-state index contributed by atoms with van der Waals surface area (Å²) < 4.78 is 25.5. The molecule has 1 amide bonds. The highest BCUT2D eigenvalue weighted by Gasteiger charge is 2.14.